The summed E-state index contributed by atoms with van der Waals surface area (Å²) in [5.41, 5.74) is 3.86. The van der Waals surface area contributed by atoms with Gasteiger partial charge < -0.3 is 5.32 Å². The fraction of sp³-hybridized carbons (Fsp3) is 0.389. The number of hydrogen-bond acceptors (Lipinski definition) is 2. The fourth-order valence-electron chi connectivity index (χ4n) is 2.54. The average molecular weight is 268 g/mol. The maximum absolute atomic E-state index is 4.50. The number of nitrogens with zero attached hydrogens (tertiary/aromatic N) is 1. The van der Waals surface area contributed by atoms with E-state index in [9.17, 15) is 0 Å². The van der Waals surface area contributed by atoms with Gasteiger partial charge in [0.25, 0.3) is 0 Å². The topological polar surface area (TPSA) is 24.9 Å². The van der Waals surface area contributed by atoms with E-state index in [-0.39, 0.29) is 0 Å². The van der Waals surface area contributed by atoms with Gasteiger partial charge in [-0.2, -0.15) is 0 Å². The van der Waals surface area contributed by atoms with Crippen molar-refractivity contribution < 1.29 is 0 Å². The molecule has 0 aliphatic carbocycles. The molecule has 0 amide bonds. The standard InChI is InChI=1S/C18H24N2/c1-14(2)12-15-7-9-16(10-8-15)17(13-19-3)18-6-4-5-11-20-18/h4-11,14,17,19H,12-13H2,1-3H3. The molecule has 1 aromatic carbocycles. The predicted molar refractivity (Wildman–Crippen MR) is 85.0 cm³/mol. The normalized spacial score (nSPS) is 12.6. The van der Waals surface area contributed by atoms with Crippen molar-refractivity contribution in [2.75, 3.05) is 13.6 Å². The van der Waals surface area contributed by atoms with Crippen LogP contribution in [0.4, 0.5) is 0 Å². The predicted octanol–water partition coefficient (Wildman–Crippen LogP) is 3.63. The summed E-state index contributed by atoms with van der Waals surface area (Å²) in [4.78, 5) is 4.50. The van der Waals surface area contributed by atoms with Crippen LogP contribution in [0.5, 0.6) is 0 Å². The van der Waals surface area contributed by atoms with E-state index >= 15 is 0 Å². The number of pyridine rings is 1. The van der Waals surface area contributed by atoms with Crippen molar-refractivity contribution in [3.8, 4) is 0 Å². The van der Waals surface area contributed by atoms with Crippen molar-refractivity contribution in [2.24, 2.45) is 5.92 Å². The van der Waals surface area contributed by atoms with Crippen LogP contribution in [0.25, 0.3) is 0 Å². The maximum atomic E-state index is 4.50. The Morgan fingerprint density at radius 1 is 1.05 bits per heavy atom. The molecule has 0 fully saturated rings. The molecular weight excluding hydrogens is 244 g/mol. The Morgan fingerprint density at radius 3 is 2.35 bits per heavy atom. The number of likely N-dealkylation sites (N-methyl/N-ethyl adjacent to an activating group) is 1. The van der Waals surface area contributed by atoms with Gasteiger partial charge in [0.15, 0.2) is 0 Å². The minimum atomic E-state index is 0.314. The van der Waals surface area contributed by atoms with Crippen molar-refractivity contribution in [2.45, 2.75) is 26.2 Å². The van der Waals surface area contributed by atoms with Gasteiger partial charge in [0, 0.05) is 24.4 Å². The fourth-order valence-corrected chi connectivity index (χ4v) is 2.54. The highest BCUT2D eigenvalue weighted by molar-refractivity contribution is 5.31. The zero-order chi connectivity index (χ0) is 14.4. The molecule has 0 spiro atoms. The number of rotatable bonds is 6. The van der Waals surface area contributed by atoms with Crippen LogP contribution in [0.1, 0.15) is 36.6 Å². The second kappa shape index (κ2) is 7.20. The Balaban J connectivity index is 2.21. The Hall–Kier alpha value is -1.67. The lowest BCUT2D eigenvalue weighted by molar-refractivity contribution is 0.646. The molecule has 2 aromatic rings. The van der Waals surface area contributed by atoms with Crippen LogP contribution in [-0.4, -0.2) is 18.6 Å². The van der Waals surface area contributed by atoms with Gasteiger partial charge in [-0.1, -0.05) is 44.2 Å². The van der Waals surface area contributed by atoms with Gasteiger partial charge in [0.05, 0.1) is 0 Å². The van der Waals surface area contributed by atoms with Crippen LogP contribution in [-0.2, 0) is 6.42 Å². The van der Waals surface area contributed by atoms with Gasteiger partial charge >= 0.3 is 0 Å². The average Bonchev–Trinajstić information content (AvgIpc) is 2.46. The quantitative estimate of drug-likeness (QED) is 0.865. The Labute approximate surface area is 122 Å². The summed E-state index contributed by atoms with van der Waals surface area (Å²) in [5, 5.41) is 3.27. The summed E-state index contributed by atoms with van der Waals surface area (Å²) >= 11 is 0. The second-order valence-corrected chi connectivity index (χ2v) is 5.70. The molecule has 0 aliphatic rings. The summed E-state index contributed by atoms with van der Waals surface area (Å²) in [6, 6.07) is 15.1. The van der Waals surface area contributed by atoms with E-state index in [4.69, 9.17) is 0 Å². The van der Waals surface area contributed by atoms with Gasteiger partial charge in [0.1, 0.15) is 0 Å². The highest BCUT2D eigenvalue weighted by atomic mass is 14.8. The Bertz CT molecular complexity index is 503. The lowest BCUT2D eigenvalue weighted by Gasteiger charge is -2.17. The molecule has 2 nitrogen and oxygen atoms in total. The van der Waals surface area contributed by atoms with Crippen LogP contribution in [0.2, 0.25) is 0 Å². The van der Waals surface area contributed by atoms with Crippen LogP contribution in [0.15, 0.2) is 48.7 Å². The third-order valence-electron chi connectivity index (χ3n) is 3.48. The second-order valence-electron chi connectivity index (χ2n) is 5.70. The summed E-state index contributed by atoms with van der Waals surface area (Å²) in [6.07, 6.45) is 3.01. The molecule has 1 N–H and O–H groups in total. The molecule has 0 saturated heterocycles. The highest BCUT2D eigenvalue weighted by Crippen LogP contribution is 2.23. The number of benzene rings is 1. The first-order chi connectivity index (χ1) is 9.70. The molecule has 1 atom stereocenters. The van der Waals surface area contributed by atoms with E-state index in [1.165, 1.54) is 11.1 Å². The summed E-state index contributed by atoms with van der Waals surface area (Å²) < 4.78 is 0. The Morgan fingerprint density at radius 2 is 1.80 bits per heavy atom. The van der Waals surface area contributed by atoms with Gasteiger partial charge in [-0.25, -0.2) is 0 Å². The third-order valence-corrected chi connectivity index (χ3v) is 3.48. The molecule has 20 heavy (non-hydrogen) atoms. The van der Waals surface area contributed by atoms with Crippen LogP contribution in [0, 0.1) is 5.92 Å². The monoisotopic (exact) mass is 268 g/mol. The van der Waals surface area contributed by atoms with Crippen molar-refractivity contribution >= 4 is 0 Å². The van der Waals surface area contributed by atoms with Crippen LogP contribution >= 0.6 is 0 Å². The molecule has 0 saturated carbocycles. The molecule has 0 radical (unpaired) electrons. The summed E-state index contributed by atoms with van der Waals surface area (Å²) in [6.45, 7) is 5.41. The van der Waals surface area contributed by atoms with Crippen molar-refractivity contribution in [3.05, 3.63) is 65.5 Å². The van der Waals surface area contributed by atoms with E-state index in [2.05, 4.69) is 60.5 Å². The molecule has 1 heterocycles. The van der Waals surface area contributed by atoms with E-state index in [1.807, 2.05) is 19.3 Å². The maximum Gasteiger partial charge on any atom is 0.0491 e. The molecular formula is C18H24N2. The molecule has 2 rings (SSSR count). The molecule has 0 bridgehead atoms. The van der Waals surface area contributed by atoms with Gasteiger partial charge in [-0.05, 0) is 42.6 Å². The summed E-state index contributed by atoms with van der Waals surface area (Å²) in [7, 11) is 1.99. The first-order valence-corrected chi connectivity index (χ1v) is 7.35. The van der Waals surface area contributed by atoms with Crippen LogP contribution < -0.4 is 5.32 Å². The van der Waals surface area contributed by atoms with Crippen LogP contribution in [0.3, 0.4) is 0 Å². The van der Waals surface area contributed by atoms with E-state index in [0.717, 1.165) is 18.7 Å². The van der Waals surface area contributed by atoms with Gasteiger partial charge in [0.2, 0.25) is 0 Å². The van der Waals surface area contributed by atoms with Crippen molar-refractivity contribution in [3.63, 3.8) is 0 Å². The molecule has 1 unspecified atom stereocenters. The first-order valence-electron chi connectivity index (χ1n) is 7.35. The zero-order valence-corrected chi connectivity index (χ0v) is 12.6. The Kier molecular flexibility index (Phi) is 5.31. The molecule has 106 valence electrons. The largest absolute Gasteiger partial charge is 0.319 e. The third kappa shape index (κ3) is 3.91. The van der Waals surface area contributed by atoms with E-state index < -0.39 is 0 Å². The summed E-state index contributed by atoms with van der Waals surface area (Å²) in [5.74, 6) is 1.01. The lowest BCUT2D eigenvalue weighted by atomic mass is 9.93. The molecule has 0 aliphatic heterocycles. The van der Waals surface area contributed by atoms with E-state index in [0.29, 0.717) is 11.8 Å². The zero-order valence-electron chi connectivity index (χ0n) is 12.6. The molecule has 2 heteroatoms. The minimum absolute atomic E-state index is 0.314. The number of hydrogen-bond donors (Lipinski definition) is 1. The van der Waals surface area contributed by atoms with Crippen molar-refractivity contribution in [1.29, 1.82) is 0 Å². The smallest absolute Gasteiger partial charge is 0.0491 e. The SMILES string of the molecule is CNCC(c1ccc(CC(C)C)cc1)c1ccccn1. The molecule has 1 aromatic heterocycles. The number of nitrogens with one attached hydrogen (secondary N) is 1. The minimum Gasteiger partial charge on any atom is -0.319 e. The van der Waals surface area contributed by atoms with Gasteiger partial charge in [-0.15, -0.1) is 0 Å². The van der Waals surface area contributed by atoms with Crippen molar-refractivity contribution in [1.82, 2.24) is 10.3 Å². The lowest BCUT2D eigenvalue weighted by Crippen LogP contribution is -2.19. The highest BCUT2D eigenvalue weighted by Gasteiger charge is 2.14. The van der Waals surface area contributed by atoms with E-state index in [1.54, 1.807) is 0 Å². The van der Waals surface area contributed by atoms with Gasteiger partial charge in [-0.3, -0.25) is 4.98 Å². The first kappa shape index (κ1) is 14.7. The number of aromatic nitrogens is 1.